The predicted molar refractivity (Wildman–Crippen MR) is 68.2 cm³/mol. The van der Waals surface area contributed by atoms with Gasteiger partial charge in [-0.2, -0.15) is 9.97 Å². The van der Waals surface area contributed by atoms with Gasteiger partial charge in [0, 0.05) is 0 Å². The van der Waals surface area contributed by atoms with E-state index in [1.165, 1.54) is 0 Å². The van der Waals surface area contributed by atoms with Crippen molar-refractivity contribution in [2.75, 3.05) is 12.3 Å². The predicted octanol–water partition coefficient (Wildman–Crippen LogP) is 1.10. The Balaban J connectivity index is 2.27. The fraction of sp³-hybridized carbons (Fsp3) is 0.364. The van der Waals surface area contributed by atoms with Crippen LogP contribution in [0.1, 0.15) is 12.8 Å². The number of allylic oxidation sites excluding steroid dienone is 1. The molecule has 1 aliphatic carbocycles. The molecule has 3 rings (SSSR count). The molecule has 2 aromatic heterocycles. The summed E-state index contributed by atoms with van der Waals surface area (Å²) < 4.78 is 1.82. The Labute approximate surface area is 108 Å². The molecule has 0 aromatic carbocycles. The molecule has 94 valence electrons. The summed E-state index contributed by atoms with van der Waals surface area (Å²) >= 11 is 5.98. The topological polar surface area (TPSA) is 89.8 Å². The van der Waals surface area contributed by atoms with Gasteiger partial charge in [-0.05, 0) is 12.8 Å². The molecule has 0 saturated heterocycles. The molecule has 7 heteroatoms. The number of imidazole rings is 1. The van der Waals surface area contributed by atoms with Crippen molar-refractivity contribution in [3.8, 4) is 0 Å². The van der Waals surface area contributed by atoms with Gasteiger partial charge in [-0.3, -0.25) is 0 Å². The highest BCUT2D eigenvalue weighted by Crippen LogP contribution is 2.33. The normalized spacial score (nSPS) is 23.0. The van der Waals surface area contributed by atoms with Gasteiger partial charge in [0.2, 0.25) is 5.95 Å². The summed E-state index contributed by atoms with van der Waals surface area (Å²) in [6, 6.07) is 0. The summed E-state index contributed by atoms with van der Waals surface area (Å²) in [5.41, 5.74) is 6.15. The van der Waals surface area contributed by atoms with Gasteiger partial charge >= 0.3 is 0 Å². The number of nitrogens with zero attached hydrogens (tertiary/aromatic N) is 4. The van der Waals surface area contributed by atoms with Crippen molar-refractivity contribution >= 4 is 28.7 Å². The van der Waals surface area contributed by atoms with Crippen LogP contribution in [0.5, 0.6) is 0 Å². The van der Waals surface area contributed by atoms with E-state index in [0.717, 1.165) is 12.8 Å². The molecule has 1 aliphatic rings. The van der Waals surface area contributed by atoms with E-state index >= 15 is 0 Å². The summed E-state index contributed by atoms with van der Waals surface area (Å²) in [4.78, 5) is 12.2. The molecule has 1 atom stereocenters. The van der Waals surface area contributed by atoms with E-state index in [9.17, 15) is 5.11 Å². The standard InChI is InChI=1S/C11H12ClN5O/c12-8-7-9(16-10(13)15-8)17(6-14-7)11(5-18)3-1-2-4-11/h1,3,6,18H,2,4-5H2,(H2,13,15,16)/t11-/m1/s1. The van der Waals surface area contributed by atoms with Crippen molar-refractivity contribution in [2.24, 2.45) is 0 Å². The maximum absolute atomic E-state index is 9.68. The summed E-state index contributed by atoms with van der Waals surface area (Å²) in [5.74, 6) is 0.101. The molecule has 2 aromatic rings. The molecule has 0 aliphatic heterocycles. The molecule has 0 fully saturated rings. The summed E-state index contributed by atoms with van der Waals surface area (Å²) in [6.07, 6.45) is 7.34. The maximum Gasteiger partial charge on any atom is 0.223 e. The average molecular weight is 266 g/mol. The average Bonchev–Trinajstić information content (AvgIpc) is 2.95. The fourth-order valence-electron chi connectivity index (χ4n) is 2.34. The summed E-state index contributed by atoms with van der Waals surface area (Å²) in [7, 11) is 0. The molecule has 0 spiro atoms. The third-order valence-electron chi connectivity index (χ3n) is 3.30. The Bertz CT molecular complexity index is 638. The second-order valence-electron chi connectivity index (χ2n) is 4.36. The van der Waals surface area contributed by atoms with Crippen LogP contribution in [0.25, 0.3) is 11.2 Å². The van der Waals surface area contributed by atoms with E-state index in [1.807, 2.05) is 16.7 Å². The van der Waals surface area contributed by atoms with Crippen LogP contribution in [0.15, 0.2) is 18.5 Å². The van der Waals surface area contributed by atoms with E-state index in [-0.39, 0.29) is 17.7 Å². The van der Waals surface area contributed by atoms with Crippen LogP contribution in [0.2, 0.25) is 5.15 Å². The largest absolute Gasteiger partial charge is 0.394 e. The summed E-state index contributed by atoms with van der Waals surface area (Å²) in [5, 5.41) is 9.91. The zero-order valence-corrected chi connectivity index (χ0v) is 10.3. The highest BCUT2D eigenvalue weighted by atomic mass is 35.5. The number of aliphatic hydroxyl groups is 1. The van der Waals surface area contributed by atoms with Crippen LogP contribution < -0.4 is 5.73 Å². The van der Waals surface area contributed by atoms with Gasteiger partial charge in [-0.15, -0.1) is 0 Å². The van der Waals surface area contributed by atoms with Crippen LogP contribution in [0, 0.1) is 0 Å². The molecule has 0 amide bonds. The highest BCUT2D eigenvalue weighted by molar-refractivity contribution is 6.33. The Morgan fingerprint density at radius 1 is 1.50 bits per heavy atom. The molecule has 3 N–H and O–H groups in total. The molecule has 0 radical (unpaired) electrons. The molecule has 0 saturated carbocycles. The lowest BCUT2D eigenvalue weighted by Crippen LogP contribution is -2.33. The Hall–Kier alpha value is -1.66. The number of fused-ring (bicyclic) bond motifs is 1. The molecule has 6 nitrogen and oxygen atoms in total. The minimum absolute atomic E-state index is 0.0174. The van der Waals surface area contributed by atoms with Crippen molar-refractivity contribution in [1.82, 2.24) is 19.5 Å². The molecular formula is C11H12ClN5O. The first-order valence-electron chi connectivity index (χ1n) is 5.61. The summed E-state index contributed by atoms with van der Waals surface area (Å²) in [6.45, 7) is -0.0174. The second-order valence-corrected chi connectivity index (χ2v) is 4.72. The number of aliphatic hydroxyl groups excluding tert-OH is 1. The van der Waals surface area contributed by atoms with Crippen LogP contribution in [-0.4, -0.2) is 31.2 Å². The Morgan fingerprint density at radius 2 is 2.33 bits per heavy atom. The number of anilines is 1. The number of nitrogen functional groups attached to an aromatic ring is 1. The molecular weight excluding hydrogens is 254 g/mol. The van der Waals surface area contributed by atoms with Gasteiger partial charge in [0.1, 0.15) is 5.52 Å². The minimum atomic E-state index is -0.501. The van der Waals surface area contributed by atoms with Crippen molar-refractivity contribution in [2.45, 2.75) is 18.4 Å². The van der Waals surface area contributed by atoms with E-state index in [2.05, 4.69) is 15.0 Å². The number of halogens is 1. The van der Waals surface area contributed by atoms with Gasteiger partial charge in [0.25, 0.3) is 0 Å². The quantitative estimate of drug-likeness (QED) is 0.627. The van der Waals surface area contributed by atoms with Gasteiger partial charge in [0.15, 0.2) is 10.8 Å². The SMILES string of the molecule is Nc1nc(Cl)c2ncn([C@]3(CO)C=CCC3)c2n1. The number of hydrogen-bond donors (Lipinski definition) is 2. The van der Waals surface area contributed by atoms with Crippen molar-refractivity contribution < 1.29 is 5.11 Å². The first-order chi connectivity index (χ1) is 8.66. The molecule has 2 heterocycles. The second kappa shape index (κ2) is 3.93. The van der Waals surface area contributed by atoms with Crippen LogP contribution in [0.3, 0.4) is 0 Å². The van der Waals surface area contributed by atoms with E-state index < -0.39 is 5.54 Å². The number of hydrogen-bond acceptors (Lipinski definition) is 5. The zero-order valence-electron chi connectivity index (χ0n) is 9.54. The number of rotatable bonds is 2. The molecule has 0 unspecified atom stereocenters. The van der Waals surface area contributed by atoms with Crippen LogP contribution >= 0.6 is 11.6 Å². The fourth-order valence-corrected chi connectivity index (χ4v) is 2.56. The van der Waals surface area contributed by atoms with Gasteiger partial charge < -0.3 is 15.4 Å². The first-order valence-corrected chi connectivity index (χ1v) is 5.99. The monoisotopic (exact) mass is 265 g/mol. The van der Waals surface area contributed by atoms with E-state index in [0.29, 0.717) is 11.2 Å². The Morgan fingerprint density at radius 3 is 3.00 bits per heavy atom. The van der Waals surface area contributed by atoms with Gasteiger partial charge in [0.05, 0.1) is 18.5 Å². The first kappa shape index (κ1) is 11.4. The van der Waals surface area contributed by atoms with Crippen molar-refractivity contribution in [3.05, 3.63) is 23.6 Å². The third-order valence-corrected chi connectivity index (χ3v) is 3.56. The lowest BCUT2D eigenvalue weighted by molar-refractivity contribution is 0.174. The highest BCUT2D eigenvalue weighted by Gasteiger charge is 2.33. The van der Waals surface area contributed by atoms with Gasteiger partial charge in [-0.25, -0.2) is 4.98 Å². The third kappa shape index (κ3) is 1.49. The van der Waals surface area contributed by atoms with Crippen molar-refractivity contribution in [3.63, 3.8) is 0 Å². The zero-order chi connectivity index (χ0) is 12.8. The van der Waals surface area contributed by atoms with Crippen LogP contribution in [0.4, 0.5) is 5.95 Å². The lowest BCUT2D eigenvalue weighted by Gasteiger charge is -2.26. The molecule has 18 heavy (non-hydrogen) atoms. The van der Waals surface area contributed by atoms with Gasteiger partial charge in [-0.1, -0.05) is 23.8 Å². The van der Waals surface area contributed by atoms with E-state index in [1.54, 1.807) is 6.33 Å². The number of aromatic nitrogens is 4. The van der Waals surface area contributed by atoms with Crippen molar-refractivity contribution in [1.29, 1.82) is 0 Å². The minimum Gasteiger partial charge on any atom is -0.394 e. The van der Waals surface area contributed by atoms with E-state index in [4.69, 9.17) is 17.3 Å². The smallest absolute Gasteiger partial charge is 0.223 e. The number of nitrogens with two attached hydrogens (primary N) is 1. The maximum atomic E-state index is 9.68. The van der Waals surface area contributed by atoms with Crippen LogP contribution in [-0.2, 0) is 5.54 Å². The Kier molecular flexibility index (Phi) is 2.49. The molecule has 0 bridgehead atoms. The lowest BCUT2D eigenvalue weighted by atomic mass is 10.0.